The van der Waals surface area contributed by atoms with Gasteiger partial charge in [0.2, 0.25) is 0 Å². The lowest BCUT2D eigenvalue weighted by Crippen LogP contribution is -2.16. The van der Waals surface area contributed by atoms with Gasteiger partial charge in [0.25, 0.3) is 0 Å². The van der Waals surface area contributed by atoms with Gasteiger partial charge < -0.3 is 20.2 Å². The molecular weight excluding hydrogens is 288 g/mol. The van der Waals surface area contributed by atoms with E-state index < -0.39 is 6.09 Å². The van der Waals surface area contributed by atoms with E-state index in [0.29, 0.717) is 28.4 Å². The number of primary amides is 1. The van der Waals surface area contributed by atoms with Crippen LogP contribution in [0.5, 0.6) is 17.2 Å². The number of hydrogen-bond acceptors (Lipinski definition) is 5. The highest BCUT2D eigenvalue weighted by molar-refractivity contribution is 5.78. The third-order valence-electron chi connectivity index (χ3n) is 3.02. The van der Waals surface area contributed by atoms with Gasteiger partial charge in [-0.2, -0.15) is 0 Å². The molecule has 0 aliphatic heterocycles. The Balaban J connectivity index is 1.91. The number of benzene rings is 1. The maximum Gasteiger partial charge on any atom is 0.409 e. The van der Waals surface area contributed by atoms with Crippen LogP contribution in [0.2, 0.25) is 0 Å². The van der Waals surface area contributed by atoms with Gasteiger partial charge in [0.1, 0.15) is 17.0 Å². The highest BCUT2D eigenvalue weighted by Crippen LogP contribution is 2.27. The van der Waals surface area contributed by atoms with E-state index in [1.807, 2.05) is 0 Å². The summed E-state index contributed by atoms with van der Waals surface area (Å²) < 4.78 is 11.9. The first kappa shape index (κ1) is 13.7. The molecule has 3 rings (SSSR count). The second-order valence-corrected chi connectivity index (χ2v) is 4.49. The van der Waals surface area contributed by atoms with E-state index in [9.17, 15) is 9.59 Å². The summed E-state index contributed by atoms with van der Waals surface area (Å²) in [6.07, 6.45) is 0.668. The molecule has 0 unspecified atom stereocenters. The fourth-order valence-corrected chi connectivity index (χ4v) is 2.00. The highest BCUT2D eigenvalue weighted by Gasteiger charge is 2.10. The van der Waals surface area contributed by atoms with E-state index >= 15 is 0 Å². The number of nitrogens with zero attached hydrogens (tertiary/aromatic N) is 2. The zero-order chi connectivity index (χ0) is 15.7. The molecule has 0 saturated carbocycles. The SMILES string of the molecule is Cn1c(=O)[nH]c2c(Oc3ccc(OC(N)=O)cc3)ccnc21. The second-order valence-electron chi connectivity index (χ2n) is 4.49. The van der Waals surface area contributed by atoms with E-state index in [2.05, 4.69) is 9.97 Å². The molecule has 2 heterocycles. The van der Waals surface area contributed by atoms with Gasteiger partial charge in [0.15, 0.2) is 11.4 Å². The molecule has 8 heteroatoms. The zero-order valence-corrected chi connectivity index (χ0v) is 11.6. The molecule has 3 N–H and O–H groups in total. The lowest BCUT2D eigenvalue weighted by Gasteiger charge is -2.07. The van der Waals surface area contributed by atoms with Gasteiger partial charge in [-0.1, -0.05) is 0 Å². The van der Waals surface area contributed by atoms with Crippen molar-refractivity contribution in [3.05, 3.63) is 47.0 Å². The lowest BCUT2D eigenvalue weighted by molar-refractivity contribution is 0.211. The second kappa shape index (κ2) is 5.24. The van der Waals surface area contributed by atoms with Gasteiger partial charge >= 0.3 is 11.8 Å². The summed E-state index contributed by atoms with van der Waals surface area (Å²) in [6, 6.07) is 7.97. The lowest BCUT2D eigenvalue weighted by atomic mass is 10.3. The van der Waals surface area contributed by atoms with Crippen LogP contribution in [-0.4, -0.2) is 20.6 Å². The third kappa shape index (κ3) is 2.49. The number of fused-ring (bicyclic) bond motifs is 1. The van der Waals surface area contributed by atoms with Crippen molar-refractivity contribution in [3.63, 3.8) is 0 Å². The molecule has 0 aliphatic carbocycles. The Bertz CT molecular complexity index is 895. The average molecular weight is 300 g/mol. The van der Waals surface area contributed by atoms with Crippen LogP contribution in [0.4, 0.5) is 4.79 Å². The quantitative estimate of drug-likeness (QED) is 0.761. The van der Waals surface area contributed by atoms with Crippen molar-refractivity contribution in [1.82, 2.24) is 14.5 Å². The van der Waals surface area contributed by atoms with Crippen LogP contribution < -0.4 is 20.9 Å². The van der Waals surface area contributed by atoms with Gasteiger partial charge in [-0.05, 0) is 24.3 Å². The van der Waals surface area contributed by atoms with Gasteiger partial charge in [-0.3, -0.25) is 4.57 Å². The minimum Gasteiger partial charge on any atom is -0.455 e. The van der Waals surface area contributed by atoms with Crippen molar-refractivity contribution in [2.45, 2.75) is 0 Å². The molecule has 0 radical (unpaired) electrons. The molecule has 0 spiro atoms. The predicted molar refractivity (Wildman–Crippen MR) is 78.1 cm³/mol. The molecule has 8 nitrogen and oxygen atoms in total. The van der Waals surface area contributed by atoms with E-state index in [0.717, 1.165) is 0 Å². The summed E-state index contributed by atoms with van der Waals surface area (Å²) in [5.74, 6) is 1.29. The standard InChI is InChI=1S/C14H12N4O4/c1-18-12-11(17-14(18)20)10(6-7-16-12)21-8-2-4-9(5-3-8)22-13(15)19/h2-7H,1H3,(H2,15,19)(H,17,20). The Hall–Kier alpha value is -3.29. The van der Waals surface area contributed by atoms with Crippen molar-refractivity contribution in [3.8, 4) is 17.2 Å². The number of aromatic amines is 1. The first-order chi connectivity index (χ1) is 10.5. The fraction of sp³-hybridized carbons (Fsp3) is 0.0714. The molecule has 0 bridgehead atoms. The number of ether oxygens (including phenoxy) is 2. The summed E-state index contributed by atoms with van der Waals surface area (Å²) in [7, 11) is 1.62. The number of H-pyrrole nitrogens is 1. The summed E-state index contributed by atoms with van der Waals surface area (Å²) in [4.78, 5) is 29.1. The molecule has 1 aromatic carbocycles. The number of imidazole rings is 1. The van der Waals surface area contributed by atoms with Crippen LogP contribution in [0.3, 0.4) is 0 Å². The number of carbonyl (C=O) groups excluding carboxylic acids is 1. The Kier molecular flexibility index (Phi) is 3.26. The number of aromatic nitrogens is 3. The number of pyridine rings is 1. The molecule has 0 saturated heterocycles. The van der Waals surface area contributed by atoms with Crippen LogP contribution in [0.25, 0.3) is 11.2 Å². The molecule has 1 amide bonds. The topological polar surface area (TPSA) is 112 Å². The Morgan fingerprint density at radius 3 is 2.59 bits per heavy atom. The van der Waals surface area contributed by atoms with Gasteiger partial charge in [-0.15, -0.1) is 0 Å². The van der Waals surface area contributed by atoms with Crippen molar-refractivity contribution in [2.75, 3.05) is 0 Å². The molecule has 22 heavy (non-hydrogen) atoms. The van der Waals surface area contributed by atoms with Crippen molar-refractivity contribution < 1.29 is 14.3 Å². The third-order valence-corrected chi connectivity index (χ3v) is 3.02. The number of hydrogen-bond donors (Lipinski definition) is 2. The van der Waals surface area contributed by atoms with Gasteiger partial charge in [-0.25, -0.2) is 14.6 Å². The Morgan fingerprint density at radius 1 is 1.23 bits per heavy atom. The van der Waals surface area contributed by atoms with Crippen LogP contribution in [0.1, 0.15) is 0 Å². The fourth-order valence-electron chi connectivity index (χ4n) is 2.00. The largest absolute Gasteiger partial charge is 0.455 e. The van der Waals surface area contributed by atoms with Crippen LogP contribution in [0.15, 0.2) is 41.3 Å². The average Bonchev–Trinajstić information content (AvgIpc) is 2.77. The Labute approximate surface area is 124 Å². The monoisotopic (exact) mass is 300 g/mol. The first-order valence-electron chi connectivity index (χ1n) is 6.33. The summed E-state index contributed by atoms with van der Waals surface area (Å²) in [5.41, 5.74) is 5.66. The summed E-state index contributed by atoms with van der Waals surface area (Å²) >= 11 is 0. The first-order valence-corrected chi connectivity index (χ1v) is 6.33. The number of nitrogens with two attached hydrogens (primary N) is 1. The van der Waals surface area contributed by atoms with E-state index in [1.165, 1.54) is 4.57 Å². The number of nitrogens with one attached hydrogen (secondary N) is 1. The van der Waals surface area contributed by atoms with E-state index in [1.54, 1.807) is 43.6 Å². The Morgan fingerprint density at radius 2 is 1.91 bits per heavy atom. The van der Waals surface area contributed by atoms with Crippen LogP contribution in [-0.2, 0) is 7.05 Å². The van der Waals surface area contributed by atoms with Crippen molar-refractivity contribution >= 4 is 17.3 Å². The maximum absolute atomic E-state index is 11.6. The molecule has 3 aromatic rings. The smallest absolute Gasteiger partial charge is 0.409 e. The number of carbonyl (C=O) groups is 1. The maximum atomic E-state index is 11.6. The highest BCUT2D eigenvalue weighted by atomic mass is 16.5. The van der Waals surface area contributed by atoms with E-state index in [-0.39, 0.29) is 5.69 Å². The molecule has 2 aromatic heterocycles. The zero-order valence-electron chi connectivity index (χ0n) is 11.6. The van der Waals surface area contributed by atoms with E-state index in [4.69, 9.17) is 15.2 Å². The normalized spacial score (nSPS) is 10.6. The number of rotatable bonds is 3. The number of aryl methyl sites for hydroxylation is 1. The molecular formula is C14H12N4O4. The molecule has 0 fully saturated rings. The molecule has 0 aliphatic rings. The molecule has 0 atom stereocenters. The summed E-state index contributed by atoms with van der Waals surface area (Å²) in [5, 5.41) is 0. The van der Waals surface area contributed by atoms with Gasteiger partial charge in [0.05, 0.1) is 0 Å². The van der Waals surface area contributed by atoms with Crippen molar-refractivity contribution in [2.24, 2.45) is 12.8 Å². The predicted octanol–water partition coefficient (Wildman–Crippen LogP) is 1.51. The van der Waals surface area contributed by atoms with Crippen LogP contribution in [0, 0.1) is 0 Å². The van der Waals surface area contributed by atoms with Gasteiger partial charge in [0, 0.05) is 19.3 Å². The van der Waals surface area contributed by atoms with Crippen molar-refractivity contribution in [1.29, 1.82) is 0 Å². The minimum absolute atomic E-state index is 0.274. The number of amides is 1. The minimum atomic E-state index is -0.883. The van der Waals surface area contributed by atoms with Crippen LogP contribution >= 0.6 is 0 Å². The summed E-state index contributed by atoms with van der Waals surface area (Å²) in [6.45, 7) is 0. The molecule has 112 valence electrons.